The standard InChI is InChI=1S/C14H17NO/c1-11(2)6-7-16-10-14-5-4-13(9-15)8-12(14)3/h4-5,8H,1,6-7,10H2,2-3H3. The van der Waals surface area contributed by atoms with Gasteiger partial charge in [-0.05, 0) is 43.5 Å². The summed E-state index contributed by atoms with van der Waals surface area (Å²) in [5.74, 6) is 0. The van der Waals surface area contributed by atoms with Crippen molar-refractivity contribution >= 4 is 0 Å². The second-order valence-electron chi connectivity index (χ2n) is 4.01. The van der Waals surface area contributed by atoms with Gasteiger partial charge in [0.05, 0.1) is 24.8 Å². The van der Waals surface area contributed by atoms with Crippen molar-refractivity contribution in [3.05, 3.63) is 47.0 Å². The Morgan fingerprint density at radius 1 is 1.50 bits per heavy atom. The predicted molar refractivity (Wildman–Crippen MR) is 65.0 cm³/mol. The number of hydrogen-bond acceptors (Lipinski definition) is 2. The summed E-state index contributed by atoms with van der Waals surface area (Å²) in [5.41, 5.74) is 4.08. The first-order valence-electron chi connectivity index (χ1n) is 5.35. The molecule has 1 aromatic carbocycles. The highest BCUT2D eigenvalue weighted by Gasteiger charge is 2.00. The molecule has 0 atom stereocenters. The fourth-order valence-electron chi connectivity index (χ4n) is 1.36. The van der Waals surface area contributed by atoms with Crippen LogP contribution in [-0.2, 0) is 11.3 Å². The van der Waals surface area contributed by atoms with Gasteiger partial charge in [0.2, 0.25) is 0 Å². The second kappa shape index (κ2) is 6.09. The molecule has 0 unspecified atom stereocenters. The molecule has 0 bridgehead atoms. The molecule has 0 spiro atoms. The average Bonchev–Trinajstić information content (AvgIpc) is 2.25. The number of hydrogen-bond donors (Lipinski definition) is 0. The molecule has 0 aliphatic heterocycles. The highest BCUT2D eigenvalue weighted by atomic mass is 16.5. The number of rotatable bonds is 5. The lowest BCUT2D eigenvalue weighted by molar-refractivity contribution is 0.123. The van der Waals surface area contributed by atoms with Crippen molar-refractivity contribution in [2.24, 2.45) is 0 Å². The summed E-state index contributed by atoms with van der Waals surface area (Å²) in [6.07, 6.45) is 0.898. The molecule has 1 aromatic rings. The Kier molecular flexibility index (Phi) is 4.75. The van der Waals surface area contributed by atoms with Crippen molar-refractivity contribution < 1.29 is 4.74 Å². The predicted octanol–water partition coefficient (Wildman–Crippen LogP) is 3.35. The third-order valence-corrected chi connectivity index (χ3v) is 2.40. The molecule has 0 aliphatic carbocycles. The molecular weight excluding hydrogens is 198 g/mol. The number of ether oxygens (including phenoxy) is 1. The van der Waals surface area contributed by atoms with E-state index in [1.165, 1.54) is 0 Å². The lowest BCUT2D eigenvalue weighted by atomic mass is 10.1. The van der Waals surface area contributed by atoms with Gasteiger partial charge in [-0.1, -0.05) is 11.6 Å². The highest BCUT2D eigenvalue weighted by Crippen LogP contribution is 2.12. The van der Waals surface area contributed by atoms with Crippen LogP contribution in [0.1, 0.15) is 30.0 Å². The molecule has 2 nitrogen and oxygen atoms in total. The van der Waals surface area contributed by atoms with Gasteiger partial charge < -0.3 is 4.74 Å². The lowest BCUT2D eigenvalue weighted by Gasteiger charge is -2.07. The van der Waals surface area contributed by atoms with Gasteiger partial charge in [0.15, 0.2) is 0 Å². The fourth-order valence-corrected chi connectivity index (χ4v) is 1.36. The molecule has 0 heterocycles. The minimum Gasteiger partial charge on any atom is -0.376 e. The van der Waals surface area contributed by atoms with E-state index in [1.54, 1.807) is 0 Å². The van der Waals surface area contributed by atoms with Crippen LogP contribution in [-0.4, -0.2) is 6.61 Å². The molecule has 16 heavy (non-hydrogen) atoms. The third-order valence-electron chi connectivity index (χ3n) is 2.40. The quantitative estimate of drug-likeness (QED) is 0.557. The monoisotopic (exact) mass is 215 g/mol. The van der Waals surface area contributed by atoms with Crippen LogP contribution in [0.15, 0.2) is 30.4 Å². The molecule has 0 N–H and O–H groups in total. The van der Waals surface area contributed by atoms with Gasteiger partial charge in [0, 0.05) is 0 Å². The smallest absolute Gasteiger partial charge is 0.0991 e. The number of aryl methyl sites for hydroxylation is 1. The molecule has 0 saturated heterocycles. The molecule has 0 amide bonds. The Balaban J connectivity index is 2.49. The number of nitriles is 1. The lowest BCUT2D eigenvalue weighted by Crippen LogP contribution is -1.98. The van der Waals surface area contributed by atoms with E-state index < -0.39 is 0 Å². The van der Waals surface area contributed by atoms with Crippen LogP contribution in [0.4, 0.5) is 0 Å². The number of nitrogens with zero attached hydrogens (tertiary/aromatic N) is 1. The molecule has 1 rings (SSSR count). The largest absolute Gasteiger partial charge is 0.376 e. The van der Waals surface area contributed by atoms with E-state index in [4.69, 9.17) is 10.00 Å². The highest BCUT2D eigenvalue weighted by molar-refractivity contribution is 5.37. The van der Waals surface area contributed by atoms with Gasteiger partial charge in [-0.2, -0.15) is 5.26 Å². The van der Waals surface area contributed by atoms with Crippen LogP contribution in [0, 0.1) is 18.3 Å². The van der Waals surface area contributed by atoms with Gasteiger partial charge >= 0.3 is 0 Å². The van der Waals surface area contributed by atoms with Crippen molar-refractivity contribution in [2.45, 2.75) is 26.9 Å². The van der Waals surface area contributed by atoms with Gasteiger partial charge in [0.25, 0.3) is 0 Å². The summed E-state index contributed by atoms with van der Waals surface area (Å²) < 4.78 is 5.54. The van der Waals surface area contributed by atoms with Crippen molar-refractivity contribution in [1.82, 2.24) is 0 Å². The van der Waals surface area contributed by atoms with Gasteiger partial charge in [-0.25, -0.2) is 0 Å². The maximum Gasteiger partial charge on any atom is 0.0991 e. The van der Waals surface area contributed by atoms with Gasteiger partial charge in [0.1, 0.15) is 0 Å². The SMILES string of the molecule is C=C(C)CCOCc1ccc(C#N)cc1C. The van der Waals surface area contributed by atoms with Crippen molar-refractivity contribution in [3.63, 3.8) is 0 Å². The first-order chi connectivity index (χ1) is 7.63. The van der Waals surface area contributed by atoms with Crippen LogP contribution in [0.2, 0.25) is 0 Å². The van der Waals surface area contributed by atoms with E-state index in [9.17, 15) is 0 Å². The first-order valence-corrected chi connectivity index (χ1v) is 5.35. The van der Waals surface area contributed by atoms with Crippen LogP contribution >= 0.6 is 0 Å². The third kappa shape index (κ3) is 3.88. The molecule has 0 saturated carbocycles. The van der Waals surface area contributed by atoms with Crippen molar-refractivity contribution in [2.75, 3.05) is 6.61 Å². The molecular formula is C14H17NO. The van der Waals surface area contributed by atoms with E-state index in [0.29, 0.717) is 18.8 Å². The minimum absolute atomic E-state index is 0.602. The Bertz CT molecular complexity index is 415. The number of benzene rings is 1. The first kappa shape index (κ1) is 12.5. The minimum atomic E-state index is 0.602. The van der Waals surface area contributed by atoms with E-state index in [1.807, 2.05) is 32.0 Å². The van der Waals surface area contributed by atoms with Crippen LogP contribution in [0.5, 0.6) is 0 Å². The zero-order valence-corrected chi connectivity index (χ0v) is 9.92. The molecule has 2 heteroatoms. The summed E-state index contributed by atoms with van der Waals surface area (Å²) in [6.45, 7) is 9.12. The average molecular weight is 215 g/mol. The molecule has 0 fully saturated rings. The van der Waals surface area contributed by atoms with Crippen LogP contribution in [0.3, 0.4) is 0 Å². The second-order valence-corrected chi connectivity index (χ2v) is 4.01. The summed E-state index contributed by atoms with van der Waals surface area (Å²) in [4.78, 5) is 0. The molecule has 0 aromatic heterocycles. The maximum absolute atomic E-state index is 8.74. The summed E-state index contributed by atoms with van der Waals surface area (Å²) >= 11 is 0. The van der Waals surface area contributed by atoms with E-state index in [-0.39, 0.29) is 0 Å². The van der Waals surface area contributed by atoms with Gasteiger partial charge in [-0.15, -0.1) is 6.58 Å². The zero-order valence-electron chi connectivity index (χ0n) is 9.92. The van der Waals surface area contributed by atoms with E-state index >= 15 is 0 Å². The Morgan fingerprint density at radius 3 is 2.81 bits per heavy atom. The molecule has 0 aliphatic rings. The van der Waals surface area contributed by atoms with Crippen molar-refractivity contribution in [3.8, 4) is 6.07 Å². The topological polar surface area (TPSA) is 33.0 Å². The normalized spacial score (nSPS) is 9.81. The Hall–Kier alpha value is -1.59. The Labute approximate surface area is 97.2 Å². The van der Waals surface area contributed by atoms with E-state index in [2.05, 4.69) is 12.6 Å². The van der Waals surface area contributed by atoms with Crippen molar-refractivity contribution in [1.29, 1.82) is 5.26 Å². The zero-order chi connectivity index (χ0) is 12.0. The summed E-state index contributed by atoms with van der Waals surface area (Å²) in [7, 11) is 0. The summed E-state index contributed by atoms with van der Waals surface area (Å²) in [5, 5.41) is 8.74. The van der Waals surface area contributed by atoms with E-state index in [0.717, 1.165) is 23.1 Å². The van der Waals surface area contributed by atoms with Gasteiger partial charge in [-0.3, -0.25) is 0 Å². The fraction of sp³-hybridized carbons (Fsp3) is 0.357. The van der Waals surface area contributed by atoms with Crippen LogP contribution in [0.25, 0.3) is 0 Å². The summed E-state index contributed by atoms with van der Waals surface area (Å²) in [6, 6.07) is 7.79. The van der Waals surface area contributed by atoms with Crippen LogP contribution < -0.4 is 0 Å². The molecule has 84 valence electrons. The molecule has 0 radical (unpaired) electrons. The maximum atomic E-state index is 8.74. The Morgan fingerprint density at radius 2 is 2.25 bits per heavy atom.